The third kappa shape index (κ3) is 3.96. The molecule has 21 heavy (non-hydrogen) atoms. The standard InChI is InChI=1S/C15H12Cl3IO2/c1-2-21-14-7-10(16)9(6-12(14)18)15(20)8-3-4-13(19)11(17)5-8/h3-7,15,20H,2H2,1H3. The highest BCUT2D eigenvalue weighted by molar-refractivity contribution is 14.1. The van der Waals surface area contributed by atoms with Gasteiger partial charge in [-0.25, -0.2) is 0 Å². The van der Waals surface area contributed by atoms with E-state index in [-0.39, 0.29) is 0 Å². The first kappa shape index (κ1) is 17.2. The zero-order chi connectivity index (χ0) is 15.6. The monoisotopic (exact) mass is 456 g/mol. The van der Waals surface area contributed by atoms with E-state index in [1.165, 1.54) is 0 Å². The second-order valence-electron chi connectivity index (χ2n) is 4.31. The maximum absolute atomic E-state index is 10.5. The SMILES string of the molecule is CCOc1cc(Cl)c(C(O)c2ccc(I)c(Cl)c2)cc1Cl. The van der Waals surface area contributed by atoms with Crippen molar-refractivity contribution in [1.29, 1.82) is 0 Å². The predicted octanol–water partition coefficient (Wildman–Crippen LogP) is 5.73. The summed E-state index contributed by atoms with van der Waals surface area (Å²) in [4.78, 5) is 0. The van der Waals surface area contributed by atoms with Crippen molar-refractivity contribution in [3.05, 3.63) is 60.1 Å². The Morgan fingerprint density at radius 1 is 1.10 bits per heavy atom. The van der Waals surface area contributed by atoms with E-state index < -0.39 is 6.10 Å². The summed E-state index contributed by atoms with van der Waals surface area (Å²) in [5.41, 5.74) is 1.17. The van der Waals surface area contributed by atoms with Crippen LogP contribution in [-0.2, 0) is 0 Å². The van der Waals surface area contributed by atoms with Gasteiger partial charge in [0.05, 0.1) is 21.7 Å². The number of rotatable bonds is 4. The average Bonchev–Trinajstić information content (AvgIpc) is 2.45. The molecule has 2 aromatic carbocycles. The molecule has 1 N–H and O–H groups in total. The lowest BCUT2D eigenvalue weighted by molar-refractivity contribution is 0.220. The summed E-state index contributed by atoms with van der Waals surface area (Å²) < 4.78 is 6.29. The first-order chi connectivity index (χ1) is 9.93. The van der Waals surface area contributed by atoms with E-state index in [9.17, 15) is 5.11 Å². The molecule has 0 saturated carbocycles. The normalized spacial score (nSPS) is 12.3. The molecule has 0 bridgehead atoms. The first-order valence-electron chi connectivity index (χ1n) is 6.18. The van der Waals surface area contributed by atoms with Crippen molar-refractivity contribution >= 4 is 57.4 Å². The quantitative estimate of drug-likeness (QED) is 0.594. The Labute approximate surface area is 152 Å². The van der Waals surface area contributed by atoms with Gasteiger partial charge in [-0.05, 0) is 53.3 Å². The second kappa shape index (κ2) is 7.38. The molecule has 0 aromatic heterocycles. The summed E-state index contributed by atoms with van der Waals surface area (Å²) in [7, 11) is 0. The summed E-state index contributed by atoms with van der Waals surface area (Å²) in [6, 6.07) is 8.59. The van der Waals surface area contributed by atoms with Gasteiger partial charge in [0.15, 0.2) is 0 Å². The Balaban J connectivity index is 2.40. The third-order valence-corrected chi connectivity index (χ3v) is 5.10. The van der Waals surface area contributed by atoms with Crippen LogP contribution in [-0.4, -0.2) is 11.7 Å². The molecule has 2 aromatic rings. The zero-order valence-electron chi connectivity index (χ0n) is 11.0. The third-order valence-electron chi connectivity index (χ3n) is 2.91. The van der Waals surface area contributed by atoms with E-state index in [0.717, 1.165) is 3.57 Å². The second-order valence-corrected chi connectivity index (χ2v) is 6.70. The van der Waals surface area contributed by atoms with E-state index in [1.807, 2.05) is 13.0 Å². The predicted molar refractivity (Wildman–Crippen MR) is 95.9 cm³/mol. The van der Waals surface area contributed by atoms with Crippen LogP contribution < -0.4 is 4.74 Å². The highest BCUT2D eigenvalue weighted by atomic mass is 127. The Kier molecular flexibility index (Phi) is 6.03. The average molecular weight is 458 g/mol. The van der Waals surface area contributed by atoms with Gasteiger partial charge in [-0.1, -0.05) is 40.9 Å². The van der Waals surface area contributed by atoms with Gasteiger partial charge >= 0.3 is 0 Å². The number of halogens is 4. The summed E-state index contributed by atoms with van der Waals surface area (Å²) in [5.74, 6) is 0.501. The fourth-order valence-electron chi connectivity index (χ4n) is 1.88. The van der Waals surface area contributed by atoms with Gasteiger partial charge in [0.1, 0.15) is 11.9 Å². The van der Waals surface area contributed by atoms with Crippen LogP contribution in [0.3, 0.4) is 0 Å². The van der Waals surface area contributed by atoms with Crippen molar-refractivity contribution in [3.63, 3.8) is 0 Å². The van der Waals surface area contributed by atoms with Gasteiger partial charge in [0.2, 0.25) is 0 Å². The number of aliphatic hydroxyl groups is 1. The molecule has 2 rings (SSSR count). The molecule has 0 fully saturated rings. The summed E-state index contributed by atoms with van der Waals surface area (Å²) in [6.45, 7) is 2.35. The van der Waals surface area contributed by atoms with E-state index in [0.29, 0.717) is 38.6 Å². The minimum Gasteiger partial charge on any atom is -0.492 e. The molecule has 112 valence electrons. The topological polar surface area (TPSA) is 29.5 Å². The zero-order valence-corrected chi connectivity index (χ0v) is 15.5. The molecule has 0 heterocycles. The fraction of sp³-hybridized carbons (Fsp3) is 0.200. The van der Waals surface area contributed by atoms with Crippen molar-refractivity contribution in [2.75, 3.05) is 6.61 Å². The minimum atomic E-state index is -0.903. The highest BCUT2D eigenvalue weighted by Gasteiger charge is 2.18. The van der Waals surface area contributed by atoms with Gasteiger partial charge in [-0.3, -0.25) is 0 Å². The van der Waals surface area contributed by atoms with Crippen molar-refractivity contribution in [1.82, 2.24) is 0 Å². The molecule has 0 saturated heterocycles. The molecular weight excluding hydrogens is 445 g/mol. The maximum atomic E-state index is 10.5. The van der Waals surface area contributed by atoms with Gasteiger partial charge in [0, 0.05) is 15.2 Å². The molecule has 1 atom stereocenters. The number of benzene rings is 2. The molecule has 0 radical (unpaired) electrons. The lowest BCUT2D eigenvalue weighted by Crippen LogP contribution is -2.02. The van der Waals surface area contributed by atoms with Crippen LogP contribution in [0, 0.1) is 3.57 Å². The van der Waals surface area contributed by atoms with Crippen LogP contribution in [0.15, 0.2) is 30.3 Å². The highest BCUT2D eigenvalue weighted by Crippen LogP contribution is 2.37. The van der Waals surface area contributed by atoms with E-state index in [2.05, 4.69) is 22.6 Å². The van der Waals surface area contributed by atoms with Gasteiger partial charge in [-0.15, -0.1) is 0 Å². The van der Waals surface area contributed by atoms with Crippen molar-refractivity contribution in [3.8, 4) is 5.75 Å². The van der Waals surface area contributed by atoms with Gasteiger partial charge in [-0.2, -0.15) is 0 Å². The summed E-state index contributed by atoms with van der Waals surface area (Å²) >= 11 is 20.6. The molecule has 0 aliphatic carbocycles. The summed E-state index contributed by atoms with van der Waals surface area (Å²) in [6.07, 6.45) is -0.903. The van der Waals surface area contributed by atoms with E-state index in [1.54, 1.807) is 24.3 Å². The first-order valence-corrected chi connectivity index (χ1v) is 8.40. The lowest BCUT2D eigenvalue weighted by Gasteiger charge is -2.16. The maximum Gasteiger partial charge on any atom is 0.139 e. The van der Waals surface area contributed by atoms with Crippen LogP contribution >= 0.6 is 57.4 Å². The molecular formula is C15H12Cl3IO2. The van der Waals surface area contributed by atoms with Gasteiger partial charge < -0.3 is 9.84 Å². The number of hydrogen-bond acceptors (Lipinski definition) is 2. The molecule has 0 aliphatic rings. The molecule has 0 amide bonds. The Hall–Kier alpha value is -0.200. The Bertz CT molecular complexity index is 662. The molecule has 0 aliphatic heterocycles. The fourth-order valence-corrected chi connectivity index (χ4v) is 2.89. The van der Waals surface area contributed by atoms with E-state index >= 15 is 0 Å². The van der Waals surface area contributed by atoms with E-state index in [4.69, 9.17) is 39.5 Å². The smallest absolute Gasteiger partial charge is 0.139 e. The lowest BCUT2D eigenvalue weighted by atomic mass is 10.0. The van der Waals surface area contributed by atoms with Crippen LogP contribution in [0.5, 0.6) is 5.75 Å². The molecule has 1 unspecified atom stereocenters. The Morgan fingerprint density at radius 2 is 1.81 bits per heavy atom. The Morgan fingerprint density at radius 3 is 2.43 bits per heavy atom. The minimum absolute atomic E-state index is 0.394. The summed E-state index contributed by atoms with van der Waals surface area (Å²) in [5, 5.41) is 11.9. The van der Waals surface area contributed by atoms with Crippen LogP contribution in [0.1, 0.15) is 24.2 Å². The van der Waals surface area contributed by atoms with Crippen molar-refractivity contribution < 1.29 is 9.84 Å². The van der Waals surface area contributed by atoms with Crippen LogP contribution in [0.25, 0.3) is 0 Å². The molecule has 6 heteroatoms. The number of aliphatic hydroxyl groups excluding tert-OH is 1. The molecule has 0 spiro atoms. The van der Waals surface area contributed by atoms with Crippen molar-refractivity contribution in [2.24, 2.45) is 0 Å². The van der Waals surface area contributed by atoms with Crippen molar-refractivity contribution in [2.45, 2.75) is 13.0 Å². The number of hydrogen-bond donors (Lipinski definition) is 1. The van der Waals surface area contributed by atoms with Crippen LogP contribution in [0.4, 0.5) is 0 Å². The van der Waals surface area contributed by atoms with Crippen LogP contribution in [0.2, 0.25) is 15.1 Å². The number of ether oxygens (including phenoxy) is 1. The molecule has 2 nitrogen and oxygen atoms in total. The van der Waals surface area contributed by atoms with Gasteiger partial charge in [0.25, 0.3) is 0 Å². The largest absolute Gasteiger partial charge is 0.492 e.